The van der Waals surface area contributed by atoms with Gasteiger partial charge in [0, 0.05) is 19.0 Å². The molecule has 18 heavy (non-hydrogen) atoms. The van der Waals surface area contributed by atoms with Crippen LogP contribution in [0.1, 0.15) is 26.7 Å². The van der Waals surface area contributed by atoms with E-state index in [0.717, 1.165) is 0 Å². The van der Waals surface area contributed by atoms with Gasteiger partial charge in [0.15, 0.2) is 0 Å². The summed E-state index contributed by atoms with van der Waals surface area (Å²) < 4.78 is 24.8. The first-order valence-corrected chi connectivity index (χ1v) is 6.22. The van der Waals surface area contributed by atoms with Gasteiger partial charge >= 0.3 is 0 Å². The van der Waals surface area contributed by atoms with Gasteiger partial charge in [0.2, 0.25) is 6.43 Å². The maximum atomic E-state index is 12.4. The van der Waals surface area contributed by atoms with Crippen molar-refractivity contribution in [2.24, 2.45) is 23.1 Å². The van der Waals surface area contributed by atoms with E-state index in [-0.39, 0.29) is 5.82 Å². The van der Waals surface area contributed by atoms with Crippen molar-refractivity contribution in [2.45, 2.75) is 33.1 Å². The molecule has 0 bridgehead atoms. The molecule has 0 saturated carbocycles. The van der Waals surface area contributed by atoms with Crippen molar-refractivity contribution in [1.82, 2.24) is 4.90 Å². The highest BCUT2D eigenvalue weighted by atomic mass is 19.3. The summed E-state index contributed by atoms with van der Waals surface area (Å²) in [6.45, 7) is 5.10. The summed E-state index contributed by atoms with van der Waals surface area (Å²) in [5.74, 6) is 0.186. The number of rotatable bonds is 3. The Hall–Kier alpha value is -1.46. The second-order valence-electron chi connectivity index (χ2n) is 3.92. The van der Waals surface area contributed by atoms with Crippen LogP contribution in [0.3, 0.4) is 0 Å². The Labute approximate surface area is 107 Å². The highest BCUT2D eigenvalue weighted by Crippen LogP contribution is 2.24. The Morgan fingerprint density at radius 3 is 2.00 bits per heavy atom. The van der Waals surface area contributed by atoms with Crippen LogP contribution in [0.2, 0.25) is 0 Å². The van der Waals surface area contributed by atoms with Crippen LogP contribution in [0.5, 0.6) is 0 Å². The Bertz CT molecular complexity index is 278. The Balaban J connectivity index is 0.00000137. The molecule has 4 nitrogen and oxygen atoms in total. The zero-order chi connectivity index (χ0) is 14.1. The van der Waals surface area contributed by atoms with E-state index < -0.39 is 12.3 Å². The van der Waals surface area contributed by atoms with Gasteiger partial charge in [-0.3, -0.25) is 0 Å². The quantitative estimate of drug-likeness (QED) is 0.674. The minimum Gasteiger partial charge on any atom is -0.386 e. The lowest BCUT2D eigenvalue weighted by Crippen LogP contribution is -2.37. The molecule has 0 spiro atoms. The highest BCUT2D eigenvalue weighted by molar-refractivity contribution is 5.12. The zero-order valence-corrected chi connectivity index (χ0v) is 11.1. The van der Waals surface area contributed by atoms with Gasteiger partial charge in [-0.25, -0.2) is 8.78 Å². The molecule has 0 unspecified atom stereocenters. The Morgan fingerprint density at radius 2 is 1.61 bits per heavy atom. The highest BCUT2D eigenvalue weighted by Gasteiger charge is 2.26. The van der Waals surface area contributed by atoms with Crippen molar-refractivity contribution in [3.63, 3.8) is 0 Å². The number of piperidine rings is 1. The van der Waals surface area contributed by atoms with E-state index in [0.29, 0.717) is 31.8 Å². The summed E-state index contributed by atoms with van der Waals surface area (Å²) in [5.41, 5.74) is 16.3. The molecule has 6 heteroatoms. The molecule has 1 heterocycles. The zero-order valence-electron chi connectivity index (χ0n) is 11.1. The Kier molecular flexibility index (Phi) is 7.91. The van der Waals surface area contributed by atoms with Crippen LogP contribution in [-0.2, 0) is 0 Å². The molecule has 0 aromatic heterocycles. The van der Waals surface area contributed by atoms with E-state index in [1.807, 2.05) is 18.7 Å². The van der Waals surface area contributed by atoms with Gasteiger partial charge in [0.25, 0.3) is 0 Å². The van der Waals surface area contributed by atoms with Crippen molar-refractivity contribution in [1.29, 1.82) is 0 Å². The van der Waals surface area contributed by atoms with Gasteiger partial charge < -0.3 is 22.1 Å². The summed E-state index contributed by atoms with van der Waals surface area (Å²) in [5, 5.41) is 0. The molecule has 0 aliphatic carbocycles. The van der Waals surface area contributed by atoms with E-state index in [9.17, 15) is 8.78 Å². The third-order valence-electron chi connectivity index (χ3n) is 2.71. The fraction of sp³-hybridized carbons (Fsp3) is 0.667. The summed E-state index contributed by atoms with van der Waals surface area (Å²) >= 11 is 0. The number of likely N-dealkylation sites (tertiary alicyclic amines) is 1. The molecule has 1 aliphatic rings. The van der Waals surface area contributed by atoms with Gasteiger partial charge in [0.05, 0.1) is 11.6 Å². The fourth-order valence-corrected chi connectivity index (χ4v) is 1.70. The van der Waals surface area contributed by atoms with Crippen molar-refractivity contribution in [3.8, 4) is 0 Å². The first-order chi connectivity index (χ1) is 8.50. The van der Waals surface area contributed by atoms with Gasteiger partial charge in [-0.1, -0.05) is 13.8 Å². The van der Waals surface area contributed by atoms with Crippen LogP contribution in [0, 0.1) is 5.92 Å². The van der Waals surface area contributed by atoms with Crippen LogP contribution in [-0.4, -0.2) is 24.4 Å². The lowest BCUT2D eigenvalue weighted by atomic mass is 9.97. The molecule has 0 amide bonds. The van der Waals surface area contributed by atoms with Gasteiger partial charge in [-0.05, 0) is 25.0 Å². The SMILES string of the molecule is CC.NC(N)=C/C=C(\N)N1CCC(C(F)F)CC1. The molecular formula is C12H24F2N4. The van der Waals surface area contributed by atoms with Gasteiger partial charge in [-0.15, -0.1) is 0 Å². The van der Waals surface area contributed by atoms with Crippen LogP contribution in [0.15, 0.2) is 23.8 Å². The average Bonchev–Trinajstić information content (AvgIpc) is 2.38. The van der Waals surface area contributed by atoms with Gasteiger partial charge in [-0.2, -0.15) is 0 Å². The number of halogens is 2. The Morgan fingerprint density at radius 1 is 1.11 bits per heavy atom. The molecule has 1 fully saturated rings. The minimum atomic E-state index is -2.23. The average molecular weight is 262 g/mol. The van der Waals surface area contributed by atoms with Crippen LogP contribution in [0.25, 0.3) is 0 Å². The topological polar surface area (TPSA) is 81.3 Å². The van der Waals surface area contributed by atoms with Crippen molar-refractivity contribution in [3.05, 3.63) is 23.8 Å². The maximum Gasteiger partial charge on any atom is 0.241 e. The molecule has 0 atom stereocenters. The van der Waals surface area contributed by atoms with Crippen molar-refractivity contribution in [2.75, 3.05) is 13.1 Å². The predicted octanol–water partition coefficient (Wildman–Crippen LogP) is 1.55. The van der Waals surface area contributed by atoms with Crippen LogP contribution in [0.4, 0.5) is 8.78 Å². The molecule has 1 rings (SSSR count). The third-order valence-corrected chi connectivity index (χ3v) is 2.71. The normalized spacial score (nSPS) is 17.2. The molecule has 106 valence electrons. The number of nitrogens with zero attached hydrogens (tertiary/aromatic N) is 1. The van der Waals surface area contributed by atoms with E-state index in [4.69, 9.17) is 17.2 Å². The summed E-state index contributed by atoms with van der Waals surface area (Å²) in [7, 11) is 0. The third kappa shape index (κ3) is 5.75. The van der Waals surface area contributed by atoms with E-state index in [2.05, 4.69) is 0 Å². The smallest absolute Gasteiger partial charge is 0.241 e. The first-order valence-electron chi connectivity index (χ1n) is 6.22. The predicted molar refractivity (Wildman–Crippen MR) is 70.4 cm³/mol. The molecule has 6 N–H and O–H groups in total. The molecular weight excluding hydrogens is 238 g/mol. The molecule has 1 saturated heterocycles. The number of hydrogen-bond donors (Lipinski definition) is 3. The lowest BCUT2D eigenvalue weighted by Gasteiger charge is -2.33. The minimum absolute atomic E-state index is 0.172. The summed E-state index contributed by atoms with van der Waals surface area (Å²) in [6.07, 6.45) is 1.79. The second kappa shape index (κ2) is 8.60. The number of allylic oxidation sites excluding steroid dienone is 2. The van der Waals surface area contributed by atoms with Gasteiger partial charge in [0.1, 0.15) is 0 Å². The van der Waals surface area contributed by atoms with E-state index in [1.54, 1.807) is 6.08 Å². The van der Waals surface area contributed by atoms with Crippen molar-refractivity contribution < 1.29 is 8.78 Å². The number of alkyl halides is 2. The molecule has 0 aromatic carbocycles. The van der Waals surface area contributed by atoms with E-state index in [1.165, 1.54) is 6.08 Å². The molecule has 1 aliphatic heterocycles. The monoisotopic (exact) mass is 262 g/mol. The number of hydrogen-bond acceptors (Lipinski definition) is 4. The molecule has 0 radical (unpaired) electrons. The largest absolute Gasteiger partial charge is 0.386 e. The summed E-state index contributed by atoms with van der Waals surface area (Å²) in [4.78, 5) is 1.86. The molecule has 0 aromatic rings. The van der Waals surface area contributed by atoms with E-state index >= 15 is 0 Å². The van der Waals surface area contributed by atoms with Crippen molar-refractivity contribution >= 4 is 0 Å². The first kappa shape index (κ1) is 16.5. The fourth-order valence-electron chi connectivity index (χ4n) is 1.70. The van der Waals surface area contributed by atoms with Crippen LogP contribution < -0.4 is 17.2 Å². The number of nitrogens with two attached hydrogens (primary N) is 3. The second-order valence-corrected chi connectivity index (χ2v) is 3.92. The standard InChI is InChI=1S/C10H18F2N4.C2H6/c11-10(12)7-3-5-16(6-4-7)9(15)2-1-8(13)14;1-2/h1-2,7,10H,3-6,13-15H2;1-2H3/b9-2+;. The van der Waals surface area contributed by atoms with Crippen LogP contribution >= 0.6 is 0 Å². The summed E-state index contributed by atoms with van der Waals surface area (Å²) in [6, 6.07) is 0. The maximum absolute atomic E-state index is 12.4. The lowest BCUT2D eigenvalue weighted by molar-refractivity contribution is 0.0417.